The zero-order valence-corrected chi connectivity index (χ0v) is 12.9. The van der Waals surface area contributed by atoms with Crippen molar-refractivity contribution < 1.29 is 4.79 Å². The van der Waals surface area contributed by atoms with Gasteiger partial charge in [-0.25, -0.2) is 4.98 Å². The Kier molecular flexibility index (Phi) is 5.95. The minimum Gasteiger partial charge on any atom is -0.362 e. The molecule has 0 saturated heterocycles. The van der Waals surface area contributed by atoms with Gasteiger partial charge in [-0.05, 0) is 18.9 Å². The Labute approximate surface area is 121 Å². The highest BCUT2D eigenvalue weighted by atomic mass is 16.2. The van der Waals surface area contributed by atoms with Crippen LogP contribution in [0.3, 0.4) is 0 Å². The zero-order valence-electron chi connectivity index (χ0n) is 12.9. The van der Waals surface area contributed by atoms with E-state index >= 15 is 0 Å². The molecule has 1 heterocycles. The van der Waals surface area contributed by atoms with Gasteiger partial charge in [0.25, 0.3) is 0 Å². The van der Waals surface area contributed by atoms with E-state index < -0.39 is 5.41 Å². The lowest BCUT2D eigenvalue weighted by atomic mass is 9.81. The predicted octanol–water partition coefficient (Wildman–Crippen LogP) is 1.53. The number of aromatic nitrogens is 1. The monoisotopic (exact) mass is 278 g/mol. The molecule has 5 heteroatoms. The van der Waals surface area contributed by atoms with E-state index in [0.717, 1.165) is 24.2 Å². The molecule has 0 spiro atoms. The van der Waals surface area contributed by atoms with Gasteiger partial charge in [-0.15, -0.1) is 0 Å². The molecule has 0 atom stereocenters. The molecule has 0 saturated carbocycles. The van der Waals surface area contributed by atoms with Gasteiger partial charge in [-0.3, -0.25) is 4.79 Å². The van der Waals surface area contributed by atoms with Crippen LogP contribution in [-0.4, -0.2) is 31.5 Å². The van der Waals surface area contributed by atoms with E-state index in [1.54, 1.807) is 6.20 Å². The van der Waals surface area contributed by atoms with E-state index in [1.165, 1.54) is 0 Å². The van der Waals surface area contributed by atoms with Crippen molar-refractivity contribution in [1.29, 1.82) is 0 Å². The summed E-state index contributed by atoms with van der Waals surface area (Å²) in [5.74, 6) is 0.901. The predicted molar refractivity (Wildman–Crippen MR) is 82.5 cm³/mol. The number of carbonyl (C=O) groups excluding carboxylic acids is 1. The summed E-state index contributed by atoms with van der Waals surface area (Å²) in [6.45, 7) is 4.86. The quantitative estimate of drug-likeness (QED) is 0.793. The van der Waals surface area contributed by atoms with E-state index in [2.05, 4.69) is 10.3 Å². The average molecular weight is 278 g/mol. The minimum atomic E-state index is -0.458. The summed E-state index contributed by atoms with van der Waals surface area (Å²) in [5.41, 5.74) is 6.34. The molecule has 0 aromatic carbocycles. The van der Waals surface area contributed by atoms with Crippen molar-refractivity contribution in [3.8, 4) is 0 Å². The maximum atomic E-state index is 12.4. The third-order valence-corrected chi connectivity index (χ3v) is 3.96. The van der Waals surface area contributed by atoms with Gasteiger partial charge < -0.3 is 16.0 Å². The number of rotatable bonds is 7. The minimum absolute atomic E-state index is 0.0264. The highest BCUT2D eigenvalue weighted by molar-refractivity contribution is 5.82. The maximum Gasteiger partial charge on any atom is 0.227 e. The topological polar surface area (TPSA) is 71.2 Å². The fraction of sp³-hybridized carbons (Fsp3) is 0.600. The third kappa shape index (κ3) is 3.48. The Balaban J connectivity index is 2.79. The number of hydrogen-bond acceptors (Lipinski definition) is 4. The van der Waals surface area contributed by atoms with Crippen LogP contribution in [0.25, 0.3) is 0 Å². The molecule has 0 radical (unpaired) electrons. The first kappa shape index (κ1) is 16.4. The largest absolute Gasteiger partial charge is 0.362 e. The number of nitrogens with one attached hydrogen (secondary N) is 1. The Morgan fingerprint density at radius 2 is 2.05 bits per heavy atom. The van der Waals surface area contributed by atoms with Gasteiger partial charge in [0, 0.05) is 38.9 Å². The van der Waals surface area contributed by atoms with Crippen LogP contribution in [0.1, 0.15) is 32.3 Å². The van der Waals surface area contributed by atoms with Gasteiger partial charge in [-0.1, -0.05) is 19.9 Å². The Morgan fingerprint density at radius 3 is 2.55 bits per heavy atom. The highest BCUT2D eigenvalue weighted by Gasteiger charge is 2.33. The number of nitrogens with two attached hydrogens (primary N) is 1. The smallest absolute Gasteiger partial charge is 0.227 e. The van der Waals surface area contributed by atoms with Gasteiger partial charge in [-0.2, -0.15) is 0 Å². The Morgan fingerprint density at radius 1 is 1.40 bits per heavy atom. The first-order valence-electron chi connectivity index (χ1n) is 7.10. The average Bonchev–Trinajstić information content (AvgIpc) is 2.47. The van der Waals surface area contributed by atoms with Gasteiger partial charge in [0.05, 0.1) is 5.41 Å². The molecule has 1 aromatic heterocycles. The number of amides is 1. The molecule has 0 unspecified atom stereocenters. The molecule has 0 aliphatic heterocycles. The summed E-state index contributed by atoms with van der Waals surface area (Å²) in [4.78, 5) is 18.7. The molecule has 1 aromatic rings. The number of carbonyl (C=O) groups is 1. The highest BCUT2D eigenvalue weighted by Crippen LogP contribution is 2.25. The molecular weight excluding hydrogens is 252 g/mol. The number of pyridine rings is 1. The second-order valence-electron chi connectivity index (χ2n) is 5.25. The van der Waals surface area contributed by atoms with Crippen LogP contribution < -0.4 is 16.0 Å². The molecule has 1 rings (SSSR count). The number of hydrogen-bond donors (Lipinski definition) is 2. The molecule has 3 N–H and O–H groups in total. The summed E-state index contributed by atoms with van der Waals surface area (Å²) >= 11 is 0. The van der Waals surface area contributed by atoms with Gasteiger partial charge in [0.15, 0.2) is 0 Å². The fourth-order valence-corrected chi connectivity index (χ4v) is 2.29. The van der Waals surface area contributed by atoms with E-state index in [-0.39, 0.29) is 5.91 Å². The van der Waals surface area contributed by atoms with Crippen LogP contribution >= 0.6 is 0 Å². The summed E-state index contributed by atoms with van der Waals surface area (Å²) < 4.78 is 0. The third-order valence-electron chi connectivity index (χ3n) is 3.96. The molecule has 0 bridgehead atoms. The molecule has 5 nitrogen and oxygen atoms in total. The molecule has 0 aliphatic rings. The maximum absolute atomic E-state index is 12.4. The number of nitrogens with zero attached hydrogens (tertiary/aromatic N) is 2. The van der Waals surface area contributed by atoms with Crippen molar-refractivity contribution in [2.75, 3.05) is 25.5 Å². The molecule has 0 aliphatic carbocycles. The second kappa shape index (κ2) is 7.24. The van der Waals surface area contributed by atoms with Crippen molar-refractivity contribution in [2.24, 2.45) is 11.1 Å². The van der Waals surface area contributed by atoms with Crippen LogP contribution in [0.2, 0.25) is 0 Å². The first-order chi connectivity index (χ1) is 9.50. The lowest BCUT2D eigenvalue weighted by molar-refractivity contribution is -0.131. The summed E-state index contributed by atoms with van der Waals surface area (Å²) in [7, 11) is 3.88. The lowest BCUT2D eigenvalue weighted by Crippen LogP contribution is -2.45. The lowest BCUT2D eigenvalue weighted by Gasteiger charge is -2.28. The molecular formula is C15H26N4O. The SMILES string of the molecule is CCC(CC)(CN)C(=O)NCc1cccnc1N(C)C. The van der Waals surface area contributed by atoms with Crippen molar-refractivity contribution in [3.63, 3.8) is 0 Å². The summed E-state index contributed by atoms with van der Waals surface area (Å²) in [5, 5.41) is 3.00. The summed E-state index contributed by atoms with van der Waals surface area (Å²) in [6.07, 6.45) is 3.25. The fourth-order valence-electron chi connectivity index (χ4n) is 2.29. The Bertz CT molecular complexity index is 433. The van der Waals surface area contributed by atoms with Crippen LogP contribution in [0, 0.1) is 5.41 Å². The number of anilines is 1. The first-order valence-corrected chi connectivity index (χ1v) is 7.10. The van der Waals surface area contributed by atoms with Crippen molar-refractivity contribution in [2.45, 2.75) is 33.2 Å². The second-order valence-corrected chi connectivity index (χ2v) is 5.25. The van der Waals surface area contributed by atoms with Gasteiger partial charge >= 0.3 is 0 Å². The van der Waals surface area contributed by atoms with Gasteiger partial charge in [0.1, 0.15) is 5.82 Å². The van der Waals surface area contributed by atoms with Crippen LogP contribution in [0.15, 0.2) is 18.3 Å². The standard InChI is InChI=1S/C15H26N4O/c1-5-15(6-2,11-16)14(20)18-10-12-8-7-9-17-13(12)19(3)4/h7-9H,5-6,10-11,16H2,1-4H3,(H,18,20). The van der Waals surface area contributed by atoms with E-state index in [9.17, 15) is 4.79 Å². The van der Waals surface area contributed by atoms with E-state index in [4.69, 9.17) is 5.73 Å². The van der Waals surface area contributed by atoms with E-state index in [1.807, 2.05) is 45.0 Å². The van der Waals surface area contributed by atoms with Crippen molar-refractivity contribution in [1.82, 2.24) is 10.3 Å². The summed E-state index contributed by atoms with van der Waals surface area (Å²) in [6, 6.07) is 3.86. The zero-order chi connectivity index (χ0) is 15.2. The van der Waals surface area contributed by atoms with E-state index in [0.29, 0.717) is 13.1 Å². The Hall–Kier alpha value is -1.62. The van der Waals surface area contributed by atoms with Gasteiger partial charge in [0.2, 0.25) is 5.91 Å². The van der Waals surface area contributed by atoms with Crippen LogP contribution in [-0.2, 0) is 11.3 Å². The van der Waals surface area contributed by atoms with Crippen molar-refractivity contribution >= 4 is 11.7 Å². The molecule has 1 amide bonds. The normalized spacial score (nSPS) is 11.2. The molecule has 112 valence electrons. The van der Waals surface area contributed by atoms with Crippen LogP contribution in [0.5, 0.6) is 0 Å². The van der Waals surface area contributed by atoms with Crippen molar-refractivity contribution in [3.05, 3.63) is 23.9 Å². The molecule has 0 fully saturated rings. The molecule has 20 heavy (non-hydrogen) atoms. The van der Waals surface area contributed by atoms with Crippen LogP contribution in [0.4, 0.5) is 5.82 Å².